The van der Waals surface area contributed by atoms with Gasteiger partial charge in [0.1, 0.15) is 0 Å². The fourth-order valence-corrected chi connectivity index (χ4v) is 2.51. The Morgan fingerprint density at radius 3 is 2.44 bits per heavy atom. The van der Waals surface area contributed by atoms with E-state index in [1.165, 1.54) is 7.11 Å². The minimum absolute atomic E-state index is 0.0891. The molecular weight excluding hydrogens is 339 g/mol. The lowest BCUT2D eigenvalue weighted by Crippen LogP contribution is -2.21. The Labute approximate surface area is 121 Å². The summed E-state index contributed by atoms with van der Waals surface area (Å²) in [4.78, 5) is 12.0. The number of allylic oxidation sites excluding steroid dienone is 4. The maximum atomic E-state index is 12.0. The van der Waals surface area contributed by atoms with Crippen LogP contribution >= 0.6 is 22.6 Å². The second kappa shape index (κ2) is 6.18. The van der Waals surface area contributed by atoms with Crippen LogP contribution in [0.3, 0.4) is 0 Å². The first-order valence-electron chi connectivity index (χ1n) is 5.89. The molecule has 18 heavy (non-hydrogen) atoms. The number of hydrogen-bond acceptors (Lipinski definition) is 2. The Balaban J connectivity index is 2.33. The number of rotatable bonds is 3. The maximum Gasteiger partial charge on any atom is 0.314 e. The summed E-state index contributed by atoms with van der Waals surface area (Å²) in [5.41, 5.74) is 1.00. The lowest BCUT2D eigenvalue weighted by atomic mass is 9.84. The zero-order chi connectivity index (χ0) is 13.0. The normalized spacial score (nSPS) is 16.6. The highest BCUT2D eigenvalue weighted by Gasteiger charge is 2.28. The molecule has 0 unspecified atom stereocenters. The summed E-state index contributed by atoms with van der Waals surface area (Å²) in [6.45, 7) is 0. The van der Waals surface area contributed by atoms with Crippen molar-refractivity contribution in [2.45, 2.75) is 12.3 Å². The van der Waals surface area contributed by atoms with E-state index in [9.17, 15) is 4.79 Å². The zero-order valence-electron chi connectivity index (χ0n) is 10.2. The number of hydrogen-bond donors (Lipinski definition) is 0. The van der Waals surface area contributed by atoms with Crippen molar-refractivity contribution in [3.8, 4) is 0 Å². The van der Waals surface area contributed by atoms with Gasteiger partial charge in [-0.15, -0.1) is 0 Å². The van der Waals surface area contributed by atoms with Crippen LogP contribution in [0.1, 0.15) is 17.9 Å². The molecule has 94 valence electrons. The van der Waals surface area contributed by atoms with Crippen LogP contribution in [-0.2, 0) is 9.53 Å². The van der Waals surface area contributed by atoms with Gasteiger partial charge < -0.3 is 4.74 Å². The first-order chi connectivity index (χ1) is 8.72. The smallest absolute Gasteiger partial charge is 0.314 e. The van der Waals surface area contributed by atoms with Crippen molar-refractivity contribution in [1.29, 1.82) is 0 Å². The first kappa shape index (κ1) is 13.3. The monoisotopic (exact) mass is 354 g/mol. The number of esters is 1. The van der Waals surface area contributed by atoms with Gasteiger partial charge in [-0.1, -0.05) is 36.4 Å². The minimum Gasteiger partial charge on any atom is -0.469 e. The van der Waals surface area contributed by atoms with Crippen LogP contribution in [0.4, 0.5) is 0 Å². The average molecular weight is 354 g/mol. The van der Waals surface area contributed by atoms with E-state index in [4.69, 9.17) is 4.74 Å². The second-order valence-corrected chi connectivity index (χ2v) is 5.47. The summed E-state index contributed by atoms with van der Waals surface area (Å²) in [5, 5.41) is 0. The fourth-order valence-electron chi connectivity index (χ4n) is 2.15. The quantitative estimate of drug-likeness (QED) is 0.470. The predicted octanol–water partition coefficient (Wildman–Crippen LogP) is 3.68. The molecule has 0 aromatic heterocycles. The molecule has 0 N–H and O–H groups in total. The molecule has 0 fully saturated rings. The van der Waals surface area contributed by atoms with Crippen LogP contribution in [0, 0.1) is 9.49 Å². The third kappa shape index (κ3) is 3.02. The fraction of sp³-hybridized carbons (Fsp3) is 0.267. The van der Waals surface area contributed by atoms with Crippen molar-refractivity contribution in [3.63, 3.8) is 0 Å². The van der Waals surface area contributed by atoms with E-state index in [2.05, 4.69) is 46.9 Å². The minimum atomic E-state index is -0.250. The molecule has 1 aromatic rings. The van der Waals surface area contributed by atoms with Crippen molar-refractivity contribution in [3.05, 3.63) is 57.7 Å². The molecule has 0 saturated heterocycles. The summed E-state index contributed by atoms with van der Waals surface area (Å²) in [6, 6.07) is 8.03. The van der Waals surface area contributed by atoms with Gasteiger partial charge in [0.05, 0.1) is 13.0 Å². The SMILES string of the molecule is COC(=O)[C@@H](c1ccc(I)cc1)C1C=CCC=C1. The molecule has 0 bridgehead atoms. The molecule has 1 atom stereocenters. The summed E-state index contributed by atoms with van der Waals surface area (Å²) >= 11 is 2.26. The molecule has 2 nitrogen and oxygen atoms in total. The number of halogens is 1. The molecule has 3 heteroatoms. The van der Waals surface area contributed by atoms with Gasteiger partial charge in [-0.25, -0.2) is 0 Å². The van der Waals surface area contributed by atoms with Crippen LogP contribution in [-0.4, -0.2) is 13.1 Å². The number of ether oxygens (including phenoxy) is 1. The van der Waals surface area contributed by atoms with E-state index < -0.39 is 0 Å². The lowest BCUT2D eigenvalue weighted by Gasteiger charge is -2.22. The topological polar surface area (TPSA) is 26.3 Å². The summed E-state index contributed by atoms with van der Waals surface area (Å²) in [6.07, 6.45) is 9.29. The highest BCUT2D eigenvalue weighted by atomic mass is 127. The largest absolute Gasteiger partial charge is 0.469 e. The summed E-state index contributed by atoms with van der Waals surface area (Å²) in [7, 11) is 1.44. The van der Waals surface area contributed by atoms with Crippen molar-refractivity contribution in [2.75, 3.05) is 7.11 Å². The average Bonchev–Trinajstić information content (AvgIpc) is 2.42. The van der Waals surface area contributed by atoms with Crippen molar-refractivity contribution in [2.24, 2.45) is 5.92 Å². The van der Waals surface area contributed by atoms with E-state index in [-0.39, 0.29) is 17.8 Å². The van der Waals surface area contributed by atoms with Gasteiger partial charge in [-0.3, -0.25) is 4.79 Å². The van der Waals surface area contributed by atoms with Crippen LogP contribution in [0.25, 0.3) is 0 Å². The number of carbonyl (C=O) groups excluding carboxylic acids is 1. The molecule has 0 spiro atoms. The van der Waals surface area contributed by atoms with Gasteiger partial charge >= 0.3 is 5.97 Å². The standard InChI is InChI=1S/C15H15IO2/c1-18-15(17)14(11-5-3-2-4-6-11)12-7-9-13(16)10-8-12/h3-11,14H,2H2,1H3/t14-/m1/s1. The van der Waals surface area contributed by atoms with E-state index in [0.717, 1.165) is 15.6 Å². The van der Waals surface area contributed by atoms with Gasteiger partial charge in [-0.05, 0) is 46.7 Å². The summed E-state index contributed by atoms with van der Waals surface area (Å²) in [5.74, 6) is -0.344. The molecule has 0 aliphatic heterocycles. The van der Waals surface area contributed by atoms with Crippen molar-refractivity contribution < 1.29 is 9.53 Å². The Hall–Kier alpha value is -1.10. The lowest BCUT2D eigenvalue weighted by molar-refractivity contribution is -0.143. The molecular formula is C15H15IO2. The second-order valence-electron chi connectivity index (χ2n) is 4.22. The Morgan fingerprint density at radius 1 is 1.28 bits per heavy atom. The van der Waals surface area contributed by atoms with Gasteiger partial charge in [-0.2, -0.15) is 0 Å². The van der Waals surface area contributed by atoms with Crippen LogP contribution in [0.5, 0.6) is 0 Å². The first-order valence-corrected chi connectivity index (χ1v) is 6.97. The molecule has 0 radical (unpaired) electrons. The number of methoxy groups -OCH3 is 1. The molecule has 1 aliphatic rings. The van der Waals surface area contributed by atoms with E-state index in [0.29, 0.717) is 0 Å². The molecule has 2 rings (SSSR count). The highest BCUT2D eigenvalue weighted by Crippen LogP contribution is 2.30. The summed E-state index contributed by atoms with van der Waals surface area (Å²) < 4.78 is 6.10. The third-order valence-electron chi connectivity index (χ3n) is 3.06. The van der Waals surface area contributed by atoms with E-state index in [1.54, 1.807) is 0 Å². The van der Waals surface area contributed by atoms with Gasteiger partial charge in [0.25, 0.3) is 0 Å². The van der Waals surface area contributed by atoms with Crippen molar-refractivity contribution >= 4 is 28.6 Å². The predicted molar refractivity (Wildman–Crippen MR) is 80.3 cm³/mol. The Kier molecular flexibility index (Phi) is 4.58. The van der Waals surface area contributed by atoms with Gasteiger partial charge in [0, 0.05) is 9.49 Å². The maximum absolute atomic E-state index is 12.0. The third-order valence-corrected chi connectivity index (χ3v) is 3.78. The Morgan fingerprint density at radius 2 is 1.89 bits per heavy atom. The van der Waals surface area contributed by atoms with E-state index in [1.807, 2.05) is 24.3 Å². The van der Waals surface area contributed by atoms with Gasteiger partial charge in [0.15, 0.2) is 0 Å². The van der Waals surface area contributed by atoms with Crippen molar-refractivity contribution in [1.82, 2.24) is 0 Å². The van der Waals surface area contributed by atoms with Crippen LogP contribution in [0.15, 0.2) is 48.6 Å². The molecule has 1 aliphatic carbocycles. The molecule has 1 aromatic carbocycles. The van der Waals surface area contributed by atoms with E-state index >= 15 is 0 Å². The van der Waals surface area contributed by atoms with Gasteiger partial charge in [0.2, 0.25) is 0 Å². The molecule has 0 amide bonds. The van der Waals surface area contributed by atoms with Crippen LogP contribution < -0.4 is 0 Å². The van der Waals surface area contributed by atoms with Crippen LogP contribution in [0.2, 0.25) is 0 Å². The zero-order valence-corrected chi connectivity index (χ0v) is 12.3. The number of carbonyl (C=O) groups is 1. The molecule has 0 heterocycles. The molecule has 0 saturated carbocycles. The highest BCUT2D eigenvalue weighted by molar-refractivity contribution is 14.1. The number of benzene rings is 1. The Bertz CT molecular complexity index is 462.